The lowest BCUT2D eigenvalue weighted by Gasteiger charge is -2.13. The molecule has 0 bridgehead atoms. The van der Waals surface area contributed by atoms with Gasteiger partial charge in [-0.05, 0) is 59.5 Å². The fourth-order valence-electron chi connectivity index (χ4n) is 1.15. The quantitative estimate of drug-likeness (QED) is 0.582. The highest BCUT2D eigenvalue weighted by molar-refractivity contribution is 14.1. The van der Waals surface area contributed by atoms with Gasteiger partial charge in [0.15, 0.2) is 0 Å². The Morgan fingerprint density at radius 3 is 2.23 bits per heavy atom. The summed E-state index contributed by atoms with van der Waals surface area (Å²) < 4.78 is 1.29. The van der Waals surface area contributed by atoms with Gasteiger partial charge in [0.1, 0.15) is 0 Å². The van der Waals surface area contributed by atoms with Crippen LogP contribution in [-0.2, 0) is 6.42 Å². The summed E-state index contributed by atoms with van der Waals surface area (Å²) in [5.74, 6) is 0.543. The molecule has 2 atom stereocenters. The van der Waals surface area contributed by atoms with E-state index >= 15 is 0 Å². The molecule has 0 saturated carbocycles. The van der Waals surface area contributed by atoms with Crippen LogP contribution in [-0.4, -0.2) is 5.38 Å². The molecule has 0 nitrogen and oxygen atoms in total. The smallest absolute Gasteiger partial charge is 0.0336 e. The van der Waals surface area contributed by atoms with Gasteiger partial charge in [-0.3, -0.25) is 0 Å². The van der Waals surface area contributed by atoms with Gasteiger partial charge in [-0.2, -0.15) is 0 Å². The Bertz CT molecular complexity index is 253. The molecule has 72 valence electrons. The maximum atomic E-state index is 6.01. The highest BCUT2D eigenvalue weighted by atomic mass is 127. The van der Waals surface area contributed by atoms with Crippen molar-refractivity contribution < 1.29 is 0 Å². The van der Waals surface area contributed by atoms with Crippen LogP contribution in [0.15, 0.2) is 24.3 Å². The highest BCUT2D eigenvalue weighted by Gasteiger charge is 2.09. The molecule has 0 saturated heterocycles. The van der Waals surface area contributed by atoms with E-state index in [1.807, 2.05) is 0 Å². The Morgan fingerprint density at radius 2 is 1.77 bits per heavy atom. The van der Waals surface area contributed by atoms with E-state index in [1.54, 1.807) is 0 Å². The molecule has 0 heterocycles. The van der Waals surface area contributed by atoms with Crippen LogP contribution >= 0.6 is 34.2 Å². The third-order valence-corrected chi connectivity index (χ3v) is 3.40. The van der Waals surface area contributed by atoms with E-state index in [2.05, 4.69) is 60.7 Å². The standard InChI is InChI=1S/C11H14ClI/c1-8(9(2)12)7-10-3-5-11(13)6-4-10/h3-6,8-9H,7H2,1-2H3. The minimum absolute atomic E-state index is 0.249. The first-order valence-electron chi connectivity index (χ1n) is 4.48. The lowest BCUT2D eigenvalue weighted by Crippen LogP contribution is -2.09. The Labute approximate surface area is 98.8 Å². The number of halogens is 2. The molecular weight excluding hydrogens is 294 g/mol. The summed E-state index contributed by atoms with van der Waals surface area (Å²) in [5.41, 5.74) is 1.38. The van der Waals surface area contributed by atoms with Gasteiger partial charge in [0.2, 0.25) is 0 Å². The van der Waals surface area contributed by atoms with Gasteiger partial charge in [-0.15, -0.1) is 11.6 Å². The molecular formula is C11H14ClI. The summed E-state index contributed by atoms with van der Waals surface area (Å²) in [5, 5.41) is 0.249. The maximum absolute atomic E-state index is 6.01. The van der Waals surface area contributed by atoms with Crippen molar-refractivity contribution in [3.63, 3.8) is 0 Å². The minimum Gasteiger partial charge on any atom is -0.123 e. The molecule has 2 heteroatoms. The van der Waals surface area contributed by atoms with E-state index in [9.17, 15) is 0 Å². The number of hydrogen-bond acceptors (Lipinski definition) is 0. The largest absolute Gasteiger partial charge is 0.123 e. The first-order valence-corrected chi connectivity index (χ1v) is 5.99. The van der Waals surface area contributed by atoms with Crippen molar-refractivity contribution in [3.8, 4) is 0 Å². The summed E-state index contributed by atoms with van der Waals surface area (Å²) >= 11 is 8.33. The van der Waals surface area contributed by atoms with Crippen LogP contribution in [0.5, 0.6) is 0 Å². The molecule has 0 aliphatic rings. The van der Waals surface area contributed by atoms with E-state index in [-0.39, 0.29) is 5.38 Å². The number of alkyl halides is 1. The average molecular weight is 309 g/mol. The molecule has 0 aliphatic carbocycles. The van der Waals surface area contributed by atoms with Crippen LogP contribution in [0.1, 0.15) is 19.4 Å². The fraction of sp³-hybridized carbons (Fsp3) is 0.455. The normalized spacial score (nSPS) is 15.4. The molecule has 0 N–H and O–H groups in total. The van der Waals surface area contributed by atoms with Crippen molar-refractivity contribution in [1.29, 1.82) is 0 Å². The van der Waals surface area contributed by atoms with Crippen LogP contribution in [0, 0.1) is 9.49 Å². The summed E-state index contributed by atoms with van der Waals surface area (Å²) in [6, 6.07) is 8.64. The van der Waals surface area contributed by atoms with Crippen LogP contribution in [0.3, 0.4) is 0 Å². The van der Waals surface area contributed by atoms with Gasteiger partial charge < -0.3 is 0 Å². The zero-order valence-corrected chi connectivity index (χ0v) is 10.8. The SMILES string of the molecule is CC(Cl)C(C)Cc1ccc(I)cc1. The number of rotatable bonds is 3. The predicted octanol–water partition coefficient (Wildman–Crippen LogP) is 4.10. The van der Waals surface area contributed by atoms with Crippen LogP contribution in [0.25, 0.3) is 0 Å². The predicted molar refractivity (Wildman–Crippen MR) is 67.3 cm³/mol. The van der Waals surface area contributed by atoms with Gasteiger partial charge >= 0.3 is 0 Å². The monoisotopic (exact) mass is 308 g/mol. The summed E-state index contributed by atoms with van der Waals surface area (Å²) in [7, 11) is 0. The van der Waals surface area contributed by atoms with Crippen molar-refractivity contribution in [2.45, 2.75) is 25.6 Å². The first kappa shape index (κ1) is 11.3. The second-order valence-corrected chi connectivity index (χ2v) is 5.42. The zero-order chi connectivity index (χ0) is 9.84. The lowest BCUT2D eigenvalue weighted by molar-refractivity contribution is 0.568. The Morgan fingerprint density at radius 1 is 1.23 bits per heavy atom. The van der Waals surface area contributed by atoms with E-state index in [0.717, 1.165) is 6.42 Å². The van der Waals surface area contributed by atoms with Gasteiger partial charge in [-0.25, -0.2) is 0 Å². The molecule has 2 unspecified atom stereocenters. The van der Waals surface area contributed by atoms with Crippen molar-refractivity contribution in [2.75, 3.05) is 0 Å². The van der Waals surface area contributed by atoms with Crippen molar-refractivity contribution in [3.05, 3.63) is 33.4 Å². The van der Waals surface area contributed by atoms with Crippen LogP contribution < -0.4 is 0 Å². The second kappa shape index (κ2) is 5.20. The second-order valence-electron chi connectivity index (χ2n) is 3.49. The maximum Gasteiger partial charge on any atom is 0.0336 e. The van der Waals surface area contributed by atoms with E-state index in [0.29, 0.717) is 5.92 Å². The summed E-state index contributed by atoms with van der Waals surface area (Å²) in [4.78, 5) is 0. The molecule has 0 fully saturated rings. The summed E-state index contributed by atoms with van der Waals surface area (Å²) in [6.45, 7) is 4.24. The van der Waals surface area contributed by atoms with E-state index in [4.69, 9.17) is 11.6 Å². The van der Waals surface area contributed by atoms with Gasteiger partial charge in [0, 0.05) is 8.95 Å². The third-order valence-electron chi connectivity index (χ3n) is 2.26. The van der Waals surface area contributed by atoms with Crippen LogP contribution in [0.4, 0.5) is 0 Å². The molecule has 1 aromatic carbocycles. The zero-order valence-electron chi connectivity index (χ0n) is 7.93. The molecule has 0 spiro atoms. The van der Waals surface area contributed by atoms with Gasteiger partial charge in [0.05, 0.1) is 0 Å². The molecule has 1 rings (SSSR count). The Kier molecular flexibility index (Phi) is 4.53. The molecule has 13 heavy (non-hydrogen) atoms. The van der Waals surface area contributed by atoms with Crippen LogP contribution in [0.2, 0.25) is 0 Å². The first-order chi connectivity index (χ1) is 6.09. The Balaban J connectivity index is 2.59. The molecule has 0 radical (unpaired) electrons. The minimum atomic E-state index is 0.249. The number of hydrogen-bond donors (Lipinski definition) is 0. The third kappa shape index (κ3) is 3.86. The molecule has 0 aliphatic heterocycles. The Hall–Kier alpha value is 0.240. The average Bonchev–Trinajstić information content (AvgIpc) is 2.08. The topological polar surface area (TPSA) is 0 Å². The van der Waals surface area contributed by atoms with Crippen molar-refractivity contribution in [2.24, 2.45) is 5.92 Å². The fourth-order valence-corrected chi connectivity index (χ4v) is 1.60. The van der Waals surface area contributed by atoms with Gasteiger partial charge in [-0.1, -0.05) is 19.1 Å². The summed E-state index contributed by atoms with van der Waals surface area (Å²) in [6.07, 6.45) is 1.07. The number of benzene rings is 1. The van der Waals surface area contributed by atoms with E-state index < -0.39 is 0 Å². The highest BCUT2D eigenvalue weighted by Crippen LogP contribution is 2.16. The van der Waals surface area contributed by atoms with E-state index in [1.165, 1.54) is 9.13 Å². The van der Waals surface area contributed by atoms with Crippen molar-refractivity contribution >= 4 is 34.2 Å². The van der Waals surface area contributed by atoms with Crippen molar-refractivity contribution in [1.82, 2.24) is 0 Å². The molecule has 0 aromatic heterocycles. The molecule has 0 amide bonds. The lowest BCUT2D eigenvalue weighted by atomic mass is 9.99. The molecule has 1 aromatic rings. The van der Waals surface area contributed by atoms with Gasteiger partial charge in [0.25, 0.3) is 0 Å².